The fourth-order valence-corrected chi connectivity index (χ4v) is 4.09. The van der Waals surface area contributed by atoms with E-state index in [0.717, 1.165) is 24.7 Å². The van der Waals surface area contributed by atoms with E-state index in [1.807, 2.05) is 37.3 Å². The highest BCUT2D eigenvalue weighted by molar-refractivity contribution is 9.11. The van der Waals surface area contributed by atoms with Gasteiger partial charge >= 0.3 is 0 Å². The third-order valence-electron chi connectivity index (χ3n) is 2.53. The first-order valence-electron chi connectivity index (χ1n) is 5.50. The van der Waals surface area contributed by atoms with Crippen LogP contribution in [0.2, 0.25) is 0 Å². The highest BCUT2D eigenvalue weighted by atomic mass is 79.9. The Morgan fingerprint density at radius 1 is 1.05 bits per heavy atom. The molecule has 1 N–H and O–H groups in total. The molecule has 0 atom stereocenters. The number of hydrogen-bond donors (Lipinski definition) is 1. The first kappa shape index (κ1) is 14.8. The van der Waals surface area contributed by atoms with Crippen molar-refractivity contribution >= 4 is 59.4 Å². The van der Waals surface area contributed by atoms with E-state index in [2.05, 4.69) is 53.1 Å². The third kappa shape index (κ3) is 3.68. The summed E-state index contributed by atoms with van der Waals surface area (Å²) in [6, 6.07) is 11.3. The van der Waals surface area contributed by atoms with Gasteiger partial charge in [-0.1, -0.05) is 33.6 Å². The van der Waals surface area contributed by atoms with Gasteiger partial charge in [-0.3, -0.25) is 4.79 Å². The van der Waals surface area contributed by atoms with Crippen molar-refractivity contribution in [2.75, 3.05) is 5.32 Å². The molecule has 0 aliphatic carbocycles. The van der Waals surface area contributed by atoms with Crippen LogP contribution in [-0.2, 0) is 0 Å². The Balaban J connectivity index is 2.29. The molecule has 0 fully saturated rings. The summed E-state index contributed by atoms with van der Waals surface area (Å²) in [6.07, 6.45) is 0. The molecule has 2 aromatic rings. The first-order chi connectivity index (χ1) is 8.97. The lowest BCUT2D eigenvalue weighted by Gasteiger charge is -2.10. The van der Waals surface area contributed by atoms with Gasteiger partial charge in [-0.05, 0) is 63.0 Å². The minimum atomic E-state index is -0.132. The van der Waals surface area contributed by atoms with Gasteiger partial charge in [-0.15, -0.1) is 0 Å². The normalized spacial score (nSPS) is 10.3. The molecule has 0 bridgehead atoms. The van der Waals surface area contributed by atoms with E-state index in [4.69, 9.17) is 0 Å². The van der Waals surface area contributed by atoms with E-state index in [1.165, 1.54) is 0 Å². The predicted octanol–water partition coefficient (Wildman–Crippen LogP) is 5.53. The lowest BCUT2D eigenvalue weighted by atomic mass is 10.1. The molecule has 2 rings (SSSR count). The van der Waals surface area contributed by atoms with Crippen molar-refractivity contribution in [2.45, 2.75) is 6.92 Å². The Morgan fingerprint density at radius 2 is 1.68 bits per heavy atom. The summed E-state index contributed by atoms with van der Waals surface area (Å²) in [7, 11) is 0. The van der Waals surface area contributed by atoms with E-state index in [0.29, 0.717) is 5.56 Å². The number of carbonyl (C=O) groups is 1. The van der Waals surface area contributed by atoms with Crippen LogP contribution in [0.5, 0.6) is 0 Å². The largest absolute Gasteiger partial charge is 0.320 e. The summed E-state index contributed by atoms with van der Waals surface area (Å²) in [4.78, 5) is 12.2. The predicted molar refractivity (Wildman–Crippen MR) is 88.7 cm³/mol. The maximum atomic E-state index is 12.2. The molecule has 98 valence electrons. The van der Waals surface area contributed by atoms with Gasteiger partial charge in [0, 0.05) is 19.0 Å². The number of hydrogen-bond acceptors (Lipinski definition) is 1. The second-order valence-corrected chi connectivity index (χ2v) is 6.69. The maximum Gasteiger partial charge on any atom is 0.255 e. The highest BCUT2D eigenvalue weighted by Crippen LogP contribution is 2.34. The average Bonchev–Trinajstić information content (AvgIpc) is 2.33. The molecule has 0 radical (unpaired) electrons. The molecular weight excluding hydrogens is 438 g/mol. The van der Waals surface area contributed by atoms with Crippen molar-refractivity contribution in [3.05, 3.63) is 60.9 Å². The molecule has 19 heavy (non-hydrogen) atoms. The van der Waals surface area contributed by atoms with Gasteiger partial charge in [0.15, 0.2) is 0 Å². The Hall–Kier alpha value is -0.650. The zero-order valence-corrected chi connectivity index (χ0v) is 14.8. The maximum absolute atomic E-state index is 12.2. The summed E-state index contributed by atoms with van der Waals surface area (Å²) in [5.74, 6) is -0.132. The van der Waals surface area contributed by atoms with Crippen LogP contribution in [-0.4, -0.2) is 5.91 Å². The van der Waals surface area contributed by atoms with Crippen LogP contribution in [0.3, 0.4) is 0 Å². The number of rotatable bonds is 2. The van der Waals surface area contributed by atoms with Gasteiger partial charge in [0.2, 0.25) is 0 Å². The minimum Gasteiger partial charge on any atom is -0.320 e. The molecule has 2 aromatic carbocycles. The molecule has 0 unspecified atom stereocenters. The number of benzene rings is 2. The average molecular weight is 448 g/mol. The SMILES string of the molecule is Cc1cccc(C(=O)Nc2c(Br)cc(Br)cc2Br)c1. The Labute approximate surface area is 137 Å². The molecule has 0 aromatic heterocycles. The van der Waals surface area contributed by atoms with Crippen LogP contribution >= 0.6 is 47.8 Å². The van der Waals surface area contributed by atoms with Gasteiger partial charge < -0.3 is 5.32 Å². The summed E-state index contributed by atoms with van der Waals surface area (Å²) in [5.41, 5.74) is 2.41. The molecule has 2 nitrogen and oxygen atoms in total. The van der Waals surface area contributed by atoms with Gasteiger partial charge in [0.1, 0.15) is 0 Å². The minimum absolute atomic E-state index is 0.132. The summed E-state index contributed by atoms with van der Waals surface area (Å²) in [5, 5.41) is 2.90. The van der Waals surface area contributed by atoms with E-state index >= 15 is 0 Å². The van der Waals surface area contributed by atoms with Crippen LogP contribution < -0.4 is 5.32 Å². The van der Waals surface area contributed by atoms with Crippen LogP contribution in [0.4, 0.5) is 5.69 Å². The van der Waals surface area contributed by atoms with E-state index < -0.39 is 0 Å². The molecule has 5 heteroatoms. The first-order valence-corrected chi connectivity index (χ1v) is 7.88. The standard InChI is InChI=1S/C14H10Br3NO/c1-8-3-2-4-9(5-8)14(19)18-13-11(16)6-10(15)7-12(13)17/h2-7H,1H3,(H,18,19). The quantitative estimate of drug-likeness (QED) is 0.643. The Morgan fingerprint density at radius 3 is 2.26 bits per heavy atom. The van der Waals surface area contributed by atoms with Crippen molar-refractivity contribution in [3.8, 4) is 0 Å². The van der Waals surface area contributed by atoms with Gasteiger partial charge in [-0.2, -0.15) is 0 Å². The van der Waals surface area contributed by atoms with Crippen molar-refractivity contribution < 1.29 is 4.79 Å². The molecular formula is C14H10Br3NO. The molecule has 1 amide bonds. The number of halogens is 3. The summed E-state index contributed by atoms with van der Waals surface area (Å²) < 4.78 is 2.56. The number of nitrogens with one attached hydrogen (secondary N) is 1. The smallest absolute Gasteiger partial charge is 0.255 e. The summed E-state index contributed by atoms with van der Waals surface area (Å²) >= 11 is 10.3. The number of anilines is 1. The van der Waals surface area contributed by atoms with Crippen LogP contribution in [0.15, 0.2) is 49.8 Å². The van der Waals surface area contributed by atoms with Crippen molar-refractivity contribution in [1.29, 1.82) is 0 Å². The lowest BCUT2D eigenvalue weighted by Crippen LogP contribution is -2.12. The molecule has 0 aliphatic heterocycles. The van der Waals surface area contributed by atoms with Crippen LogP contribution in [0.25, 0.3) is 0 Å². The topological polar surface area (TPSA) is 29.1 Å². The zero-order valence-electron chi connectivity index (χ0n) is 10.0. The van der Waals surface area contributed by atoms with Crippen molar-refractivity contribution in [1.82, 2.24) is 0 Å². The van der Waals surface area contributed by atoms with Gasteiger partial charge in [0.25, 0.3) is 5.91 Å². The molecule has 0 spiro atoms. The van der Waals surface area contributed by atoms with Crippen molar-refractivity contribution in [3.63, 3.8) is 0 Å². The fraction of sp³-hybridized carbons (Fsp3) is 0.0714. The number of carbonyl (C=O) groups excluding carboxylic acids is 1. The van der Waals surface area contributed by atoms with E-state index in [9.17, 15) is 4.79 Å². The van der Waals surface area contributed by atoms with Crippen LogP contribution in [0.1, 0.15) is 15.9 Å². The van der Waals surface area contributed by atoms with Crippen molar-refractivity contribution in [2.24, 2.45) is 0 Å². The second kappa shape index (κ2) is 6.20. The fourth-order valence-electron chi connectivity index (χ4n) is 1.63. The Bertz CT molecular complexity index is 617. The third-order valence-corrected chi connectivity index (χ3v) is 4.23. The molecule has 0 aliphatic rings. The second-order valence-electron chi connectivity index (χ2n) is 4.07. The number of amides is 1. The van der Waals surface area contributed by atoms with Gasteiger partial charge in [-0.25, -0.2) is 0 Å². The number of aryl methyl sites for hydroxylation is 1. The highest BCUT2D eigenvalue weighted by Gasteiger charge is 2.12. The Kier molecular flexibility index (Phi) is 4.81. The lowest BCUT2D eigenvalue weighted by molar-refractivity contribution is 0.102. The van der Waals surface area contributed by atoms with Gasteiger partial charge in [0.05, 0.1) is 5.69 Å². The molecule has 0 heterocycles. The summed E-state index contributed by atoms with van der Waals surface area (Å²) in [6.45, 7) is 1.96. The molecule has 0 saturated heterocycles. The van der Waals surface area contributed by atoms with E-state index in [1.54, 1.807) is 6.07 Å². The molecule has 0 saturated carbocycles. The van der Waals surface area contributed by atoms with E-state index in [-0.39, 0.29) is 5.91 Å². The zero-order chi connectivity index (χ0) is 14.0. The monoisotopic (exact) mass is 445 g/mol. The van der Waals surface area contributed by atoms with Crippen LogP contribution in [0, 0.1) is 6.92 Å².